The van der Waals surface area contributed by atoms with Gasteiger partial charge >= 0.3 is 0 Å². The number of hydrogen-bond donors (Lipinski definition) is 3. The first kappa shape index (κ1) is 20.9. The number of nitrogens with one attached hydrogen (secondary N) is 3. The highest BCUT2D eigenvalue weighted by Gasteiger charge is 2.11. The summed E-state index contributed by atoms with van der Waals surface area (Å²) in [6.07, 6.45) is 0. The van der Waals surface area contributed by atoms with Crippen molar-refractivity contribution < 1.29 is 17.9 Å². The van der Waals surface area contributed by atoms with Crippen molar-refractivity contribution in [2.75, 3.05) is 45.1 Å². The van der Waals surface area contributed by atoms with Crippen LogP contribution in [0.5, 0.6) is 0 Å². The molecule has 9 heteroatoms. The fraction of sp³-hybridized carbons (Fsp3) is 0.900. The Labute approximate surface area is 121 Å². The first-order chi connectivity index (χ1) is 8.52. The molecule has 0 saturated carbocycles. The summed E-state index contributed by atoms with van der Waals surface area (Å²) in [6.45, 7) is 6.10. The normalized spacial score (nSPS) is 10.8. The third-order valence-corrected chi connectivity index (χ3v) is 3.32. The number of sulfonamides is 1. The number of amides is 1. The fourth-order valence-electron chi connectivity index (χ4n) is 1.09. The lowest BCUT2D eigenvalue weighted by molar-refractivity contribution is -0.119. The molecule has 0 aromatic rings. The maximum Gasteiger partial charge on any atom is 0.235 e. The van der Waals surface area contributed by atoms with Crippen molar-refractivity contribution in [1.29, 1.82) is 0 Å². The molecule has 1 amide bonds. The van der Waals surface area contributed by atoms with E-state index in [1.54, 1.807) is 6.92 Å². The molecule has 0 fully saturated rings. The highest BCUT2D eigenvalue weighted by Crippen LogP contribution is 1.85. The monoisotopic (exact) mass is 317 g/mol. The van der Waals surface area contributed by atoms with Gasteiger partial charge < -0.3 is 15.4 Å². The molecule has 0 aromatic carbocycles. The summed E-state index contributed by atoms with van der Waals surface area (Å²) in [6, 6.07) is 0. The summed E-state index contributed by atoms with van der Waals surface area (Å²) >= 11 is 0. The quantitative estimate of drug-likeness (QED) is 0.429. The summed E-state index contributed by atoms with van der Waals surface area (Å²) in [5, 5.41) is 5.64. The maximum atomic E-state index is 11.4. The van der Waals surface area contributed by atoms with Gasteiger partial charge in [-0.25, -0.2) is 13.1 Å². The van der Waals surface area contributed by atoms with Crippen LogP contribution < -0.4 is 15.4 Å². The summed E-state index contributed by atoms with van der Waals surface area (Å²) in [5.74, 6) is -0.473. The molecule has 19 heavy (non-hydrogen) atoms. The first-order valence-corrected chi connectivity index (χ1v) is 7.69. The molecule has 0 radical (unpaired) electrons. The fourth-order valence-corrected chi connectivity index (χ4v) is 1.92. The zero-order valence-corrected chi connectivity index (χ0v) is 13.0. The third kappa shape index (κ3) is 13.8. The lowest BCUT2D eigenvalue weighted by Gasteiger charge is -2.08. The molecule has 0 aliphatic rings. The minimum absolute atomic E-state index is 0. The van der Waals surface area contributed by atoms with Gasteiger partial charge in [0.05, 0.1) is 18.9 Å². The smallest absolute Gasteiger partial charge is 0.235 e. The molecule has 116 valence electrons. The summed E-state index contributed by atoms with van der Waals surface area (Å²) < 4.78 is 30.0. The van der Waals surface area contributed by atoms with Crippen LogP contribution in [0.25, 0.3) is 0 Å². The zero-order valence-electron chi connectivity index (χ0n) is 11.4. The van der Waals surface area contributed by atoms with E-state index in [1.807, 2.05) is 6.92 Å². The molecule has 0 heterocycles. The van der Waals surface area contributed by atoms with Crippen LogP contribution in [-0.2, 0) is 19.6 Å². The summed E-state index contributed by atoms with van der Waals surface area (Å²) in [7, 11) is -3.44. The summed E-state index contributed by atoms with van der Waals surface area (Å²) in [5.41, 5.74) is 0. The molecule has 3 N–H and O–H groups in total. The number of rotatable bonds is 11. The van der Waals surface area contributed by atoms with Crippen LogP contribution in [0.4, 0.5) is 0 Å². The SMILES string of the molecule is CCNCCNC(=O)CNS(=O)(=O)CCOCC.Cl. The van der Waals surface area contributed by atoms with Gasteiger partial charge in [0.25, 0.3) is 0 Å². The average Bonchev–Trinajstić information content (AvgIpc) is 2.32. The van der Waals surface area contributed by atoms with E-state index in [1.165, 1.54) is 0 Å². The minimum atomic E-state index is -3.44. The Morgan fingerprint density at radius 3 is 2.47 bits per heavy atom. The van der Waals surface area contributed by atoms with Crippen LogP contribution >= 0.6 is 12.4 Å². The van der Waals surface area contributed by atoms with E-state index >= 15 is 0 Å². The lowest BCUT2D eigenvalue weighted by atomic mass is 10.5. The molecule has 7 nitrogen and oxygen atoms in total. The Morgan fingerprint density at radius 1 is 1.21 bits per heavy atom. The van der Waals surface area contributed by atoms with Crippen molar-refractivity contribution in [3.8, 4) is 0 Å². The lowest BCUT2D eigenvalue weighted by Crippen LogP contribution is -2.40. The second-order valence-corrected chi connectivity index (χ2v) is 5.47. The van der Waals surface area contributed by atoms with Crippen LogP contribution in [0.15, 0.2) is 0 Å². The van der Waals surface area contributed by atoms with E-state index in [-0.39, 0.29) is 37.2 Å². The van der Waals surface area contributed by atoms with Crippen LogP contribution in [0.3, 0.4) is 0 Å². The number of ether oxygens (including phenoxy) is 1. The highest BCUT2D eigenvalue weighted by molar-refractivity contribution is 7.89. The van der Waals surface area contributed by atoms with Gasteiger partial charge in [0.2, 0.25) is 15.9 Å². The van der Waals surface area contributed by atoms with Crippen LogP contribution in [0.2, 0.25) is 0 Å². The van der Waals surface area contributed by atoms with E-state index in [0.717, 1.165) is 6.54 Å². The number of hydrogen-bond acceptors (Lipinski definition) is 5. The van der Waals surface area contributed by atoms with Gasteiger partial charge in [0.15, 0.2) is 0 Å². The molecular weight excluding hydrogens is 294 g/mol. The number of likely N-dealkylation sites (N-methyl/N-ethyl adjacent to an activating group) is 1. The molecule has 0 bridgehead atoms. The average molecular weight is 318 g/mol. The predicted octanol–water partition coefficient (Wildman–Crippen LogP) is -0.910. The van der Waals surface area contributed by atoms with Crippen molar-refractivity contribution in [2.45, 2.75) is 13.8 Å². The van der Waals surface area contributed by atoms with Crippen LogP contribution in [0, 0.1) is 0 Å². The predicted molar refractivity (Wildman–Crippen MR) is 77.1 cm³/mol. The van der Waals surface area contributed by atoms with Crippen LogP contribution in [-0.4, -0.2) is 59.5 Å². The first-order valence-electron chi connectivity index (χ1n) is 6.04. The second kappa shape index (κ2) is 12.6. The van der Waals surface area contributed by atoms with Crippen LogP contribution in [0.1, 0.15) is 13.8 Å². The third-order valence-electron chi connectivity index (χ3n) is 2.03. The number of halogens is 1. The highest BCUT2D eigenvalue weighted by atomic mass is 35.5. The minimum Gasteiger partial charge on any atom is -0.381 e. The van der Waals surface area contributed by atoms with Gasteiger partial charge in [-0.3, -0.25) is 4.79 Å². The van der Waals surface area contributed by atoms with Gasteiger partial charge in [-0.2, -0.15) is 0 Å². The molecule has 0 aromatic heterocycles. The van der Waals surface area contributed by atoms with Crippen molar-refractivity contribution in [3.05, 3.63) is 0 Å². The molecule has 0 aliphatic heterocycles. The van der Waals surface area contributed by atoms with Crippen molar-refractivity contribution in [3.63, 3.8) is 0 Å². The van der Waals surface area contributed by atoms with E-state index in [4.69, 9.17) is 4.74 Å². The Morgan fingerprint density at radius 2 is 1.89 bits per heavy atom. The number of carbonyl (C=O) groups excluding carboxylic acids is 1. The van der Waals surface area contributed by atoms with Gasteiger partial charge in [0.1, 0.15) is 0 Å². The molecule has 0 saturated heterocycles. The Bertz CT molecular complexity index is 325. The zero-order chi connectivity index (χ0) is 13.9. The Hall–Kier alpha value is -0.410. The Kier molecular flexibility index (Phi) is 13.9. The van der Waals surface area contributed by atoms with Gasteiger partial charge in [-0.1, -0.05) is 6.92 Å². The molecular formula is C10H24ClN3O4S. The van der Waals surface area contributed by atoms with Gasteiger partial charge in [0, 0.05) is 19.7 Å². The van der Waals surface area contributed by atoms with Crippen molar-refractivity contribution in [2.24, 2.45) is 0 Å². The largest absolute Gasteiger partial charge is 0.381 e. The van der Waals surface area contributed by atoms with Gasteiger partial charge in [-0.15, -0.1) is 12.4 Å². The standard InChI is InChI=1S/C10H23N3O4S.ClH/c1-3-11-5-6-12-10(14)9-13-18(15,16)8-7-17-4-2;/h11,13H,3-9H2,1-2H3,(H,12,14);1H. The van der Waals surface area contributed by atoms with Crippen molar-refractivity contribution >= 4 is 28.3 Å². The molecule has 0 atom stereocenters. The molecule has 0 rings (SSSR count). The number of carbonyl (C=O) groups is 1. The van der Waals surface area contributed by atoms with E-state index in [9.17, 15) is 13.2 Å². The molecule has 0 aliphatic carbocycles. The Balaban J connectivity index is 0. The summed E-state index contributed by atoms with van der Waals surface area (Å²) in [4.78, 5) is 11.3. The molecule has 0 spiro atoms. The second-order valence-electron chi connectivity index (χ2n) is 3.54. The van der Waals surface area contributed by atoms with E-state index < -0.39 is 10.0 Å². The van der Waals surface area contributed by atoms with Gasteiger partial charge in [-0.05, 0) is 13.5 Å². The topological polar surface area (TPSA) is 96.5 Å². The van der Waals surface area contributed by atoms with E-state index in [2.05, 4.69) is 15.4 Å². The molecule has 0 unspecified atom stereocenters. The van der Waals surface area contributed by atoms with E-state index in [0.29, 0.717) is 19.7 Å². The maximum absolute atomic E-state index is 11.4. The van der Waals surface area contributed by atoms with Crippen molar-refractivity contribution in [1.82, 2.24) is 15.4 Å².